The lowest BCUT2D eigenvalue weighted by Crippen LogP contribution is -2.45. The molecule has 2 aromatic rings. The first-order valence-corrected chi connectivity index (χ1v) is 15.4. The zero-order valence-electron chi connectivity index (χ0n) is 26.5. The molecule has 1 heterocycles. The number of aliphatic carboxylic acids is 1. The van der Waals surface area contributed by atoms with E-state index in [1.165, 1.54) is 6.07 Å². The normalized spacial score (nSPS) is 18.9. The third kappa shape index (κ3) is 6.44. The third-order valence-electron chi connectivity index (χ3n) is 8.54. The lowest BCUT2D eigenvalue weighted by atomic mass is 9.63. The number of hydrogen-bond donors (Lipinski definition) is 1. The highest BCUT2D eigenvalue weighted by Crippen LogP contribution is 2.55. The van der Waals surface area contributed by atoms with Crippen LogP contribution in [0, 0.1) is 31.1 Å². The van der Waals surface area contributed by atoms with Gasteiger partial charge in [0, 0.05) is 47.4 Å². The summed E-state index contributed by atoms with van der Waals surface area (Å²) in [5, 5.41) is 32.9. The number of carbonyl (C=O) groups excluding carboxylic acids is 2. The highest BCUT2D eigenvalue weighted by atomic mass is 35.5. The van der Waals surface area contributed by atoms with Crippen LogP contribution in [0.15, 0.2) is 52.9 Å². The number of nitro benzene ring substituents is 2. The molecule has 14 heteroatoms. The van der Waals surface area contributed by atoms with Crippen molar-refractivity contribution < 1.29 is 38.8 Å². The Bertz CT molecular complexity index is 1760. The molecule has 0 aromatic heterocycles. The van der Waals surface area contributed by atoms with Gasteiger partial charge in [0.25, 0.3) is 5.69 Å². The minimum absolute atomic E-state index is 0.0527. The Labute approximate surface area is 275 Å². The average molecular weight is 668 g/mol. The van der Waals surface area contributed by atoms with Crippen molar-refractivity contribution in [1.82, 2.24) is 4.90 Å². The minimum Gasteiger partial charge on any atom is -0.490 e. The molecule has 0 bridgehead atoms. The molecule has 2 aliphatic carbocycles. The smallest absolute Gasteiger partial charge is 0.323 e. The fourth-order valence-corrected chi connectivity index (χ4v) is 7.04. The van der Waals surface area contributed by atoms with Gasteiger partial charge in [-0.25, -0.2) is 0 Å². The van der Waals surface area contributed by atoms with Gasteiger partial charge in [-0.3, -0.25) is 34.6 Å². The topological polar surface area (TPSA) is 179 Å². The number of halogens is 1. The Morgan fingerprint density at radius 3 is 2.00 bits per heavy atom. The number of benzene rings is 2. The summed E-state index contributed by atoms with van der Waals surface area (Å²) < 4.78 is 11.8. The molecule has 47 heavy (non-hydrogen) atoms. The molecular weight excluding hydrogens is 634 g/mol. The van der Waals surface area contributed by atoms with Gasteiger partial charge in [-0.2, -0.15) is 0 Å². The molecule has 0 saturated carbocycles. The van der Waals surface area contributed by atoms with E-state index in [0.717, 1.165) is 18.2 Å². The monoisotopic (exact) mass is 667 g/mol. The number of ether oxygens (including phenoxy) is 2. The number of rotatable bonds is 9. The maximum atomic E-state index is 14.0. The van der Waals surface area contributed by atoms with Crippen molar-refractivity contribution in [2.45, 2.75) is 66.2 Å². The summed E-state index contributed by atoms with van der Waals surface area (Å²) in [4.78, 5) is 63.2. The van der Waals surface area contributed by atoms with Gasteiger partial charge >= 0.3 is 11.7 Å². The Hall–Kier alpha value is -4.78. The first-order chi connectivity index (χ1) is 21.9. The van der Waals surface area contributed by atoms with E-state index in [1.54, 1.807) is 17.9 Å². The van der Waals surface area contributed by atoms with Gasteiger partial charge in [0.05, 0.1) is 27.5 Å². The molecule has 3 aliphatic rings. The highest BCUT2D eigenvalue weighted by Gasteiger charge is 2.49. The van der Waals surface area contributed by atoms with Crippen LogP contribution in [0.1, 0.15) is 71.8 Å². The molecule has 1 N–H and O–H groups in total. The number of nitrogens with zero attached hydrogens (tertiary/aromatic N) is 3. The zero-order valence-corrected chi connectivity index (χ0v) is 27.3. The van der Waals surface area contributed by atoms with Crippen LogP contribution in [0.4, 0.5) is 11.4 Å². The van der Waals surface area contributed by atoms with Crippen molar-refractivity contribution >= 4 is 40.5 Å². The molecule has 13 nitrogen and oxygen atoms in total. The Morgan fingerprint density at radius 1 is 0.936 bits per heavy atom. The fraction of sp³-hybridized carbons (Fsp3) is 0.424. The SMILES string of the molecule is CCOc1cc(C2C3=C(CC(C)(C)CC3=O)N(CC(=O)O)C3=C2C(=O)CC(C)(C)C3)cc(Cl)c1Oc1ccc([N+](=O)[O-])cc1[N+](=O)[O-]. The molecular formula is C33H34ClN3O10. The van der Waals surface area contributed by atoms with E-state index in [9.17, 15) is 39.7 Å². The zero-order chi connectivity index (χ0) is 34.6. The lowest BCUT2D eigenvalue weighted by molar-refractivity contribution is -0.394. The number of carboxylic acids is 1. The first-order valence-electron chi connectivity index (χ1n) is 15.0. The van der Waals surface area contributed by atoms with Gasteiger partial charge in [-0.1, -0.05) is 39.3 Å². The quantitative estimate of drug-likeness (QED) is 0.212. The van der Waals surface area contributed by atoms with E-state index in [2.05, 4.69) is 0 Å². The number of hydrogen-bond acceptors (Lipinski definition) is 10. The lowest BCUT2D eigenvalue weighted by Gasteiger charge is -2.48. The van der Waals surface area contributed by atoms with E-state index in [0.29, 0.717) is 40.9 Å². The third-order valence-corrected chi connectivity index (χ3v) is 8.82. The molecule has 0 saturated heterocycles. The van der Waals surface area contributed by atoms with Crippen molar-refractivity contribution in [1.29, 1.82) is 0 Å². The average Bonchev–Trinajstić information content (AvgIpc) is 2.94. The van der Waals surface area contributed by atoms with Gasteiger partial charge in [0.1, 0.15) is 6.54 Å². The molecule has 1 aliphatic heterocycles. The fourth-order valence-electron chi connectivity index (χ4n) is 6.78. The summed E-state index contributed by atoms with van der Waals surface area (Å²) in [6, 6.07) is 5.99. The summed E-state index contributed by atoms with van der Waals surface area (Å²) in [7, 11) is 0. The number of carbonyl (C=O) groups is 3. The maximum Gasteiger partial charge on any atom is 0.323 e. The summed E-state index contributed by atoms with van der Waals surface area (Å²) in [6.45, 7) is 9.17. The molecule has 0 radical (unpaired) electrons. The van der Waals surface area contributed by atoms with E-state index in [1.807, 2.05) is 27.7 Å². The van der Waals surface area contributed by atoms with E-state index >= 15 is 0 Å². The van der Waals surface area contributed by atoms with Crippen LogP contribution in [0.2, 0.25) is 5.02 Å². The number of ketones is 2. The number of non-ortho nitro benzene ring substituents is 1. The van der Waals surface area contributed by atoms with Crippen LogP contribution in [-0.4, -0.2) is 50.5 Å². The summed E-state index contributed by atoms with van der Waals surface area (Å²) in [5.41, 5.74) is 0.106. The number of allylic oxidation sites excluding steroid dienone is 4. The predicted molar refractivity (Wildman–Crippen MR) is 170 cm³/mol. The van der Waals surface area contributed by atoms with Gasteiger partial charge in [-0.05, 0) is 54.4 Å². The molecule has 5 rings (SSSR count). The summed E-state index contributed by atoms with van der Waals surface area (Å²) in [6.07, 6.45) is 1.17. The van der Waals surface area contributed by atoms with Crippen molar-refractivity contribution in [2.24, 2.45) is 10.8 Å². The molecule has 0 atom stereocenters. The van der Waals surface area contributed by atoms with E-state index < -0.39 is 50.5 Å². The molecule has 0 amide bonds. The molecule has 2 aromatic carbocycles. The van der Waals surface area contributed by atoms with Crippen LogP contribution < -0.4 is 9.47 Å². The summed E-state index contributed by atoms with van der Waals surface area (Å²) in [5.74, 6) is -2.76. The number of nitro groups is 2. The Kier molecular flexibility index (Phi) is 8.65. The highest BCUT2D eigenvalue weighted by molar-refractivity contribution is 6.32. The first kappa shape index (κ1) is 33.6. The van der Waals surface area contributed by atoms with Crippen molar-refractivity contribution in [3.8, 4) is 17.2 Å². The van der Waals surface area contributed by atoms with Crippen LogP contribution >= 0.6 is 11.6 Å². The van der Waals surface area contributed by atoms with Crippen molar-refractivity contribution in [3.05, 3.63) is 83.7 Å². The molecule has 0 fully saturated rings. The second-order valence-electron chi connectivity index (χ2n) is 13.5. The Balaban J connectivity index is 1.72. The second kappa shape index (κ2) is 12.1. The number of carboxylic acid groups (broad SMARTS) is 1. The largest absolute Gasteiger partial charge is 0.490 e. The molecule has 0 unspecified atom stereocenters. The van der Waals surface area contributed by atoms with Gasteiger partial charge < -0.3 is 19.5 Å². The Morgan fingerprint density at radius 2 is 1.51 bits per heavy atom. The second-order valence-corrected chi connectivity index (χ2v) is 14.0. The maximum absolute atomic E-state index is 14.0. The van der Waals surface area contributed by atoms with Crippen molar-refractivity contribution in [3.63, 3.8) is 0 Å². The van der Waals surface area contributed by atoms with Gasteiger partial charge in [0.2, 0.25) is 5.75 Å². The molecule has 0 spiro atoms. The van der Waals surface area contributed by atoms with Crippen LogP contribution in [-0.2, 0) is 14.4 Å². The van der Waals surface area contributed by atoms with E-state index in [-0.39, 0.29) is 53.3 Å². The van der Waals surface area contributed by atoms with Gasteiger partial charge in [0.15, 0.2) is 23.1 Å². The van der Waals surface area contributed by atoms with Crippen LogP contribution in [0.5, 0.6) is 17.2 Å². The number of Topliss-reactive ketones (excluding diaryl/α,β-unsaturated/α-hetero) is 2. The predicted octanol–water partition coefficient (Wildman–Crippen LogP) is 7.12. The van der Waals surface area contributed by atoms with Gasteiger partial charge in [-0.15, -0.1) is 0 Å². The standard InChI is InChI=1S/C33H34ClN3O10/c1-6-46-26-10-17(9-19(34)31(26)47-25-8-7-18(36(42)43)11-20(25)37(44)45)28-29-21(12-32(2,3)14-23(29)38)35(16-27(40)41)22-13-33(4,5)15-24(39)30(22)28/h7-11,28H,6,12-16H2,1-5H3,(H,40,41). The summed E-state index contributed by atoms with van der Waals surface area (Å²) >= 11 is 6.79. The minimum atomic E-state index is -1.10. The molecule has 248 valence electrons. The van der Waals surface area contributed by atoms with Crippen LogP contribution in [0.3, 0.4) is 0 Å². The van der Waals surface area contributed by atoms with Crippen molar-refractivity contribution in [2.75, 3.05) is 13.2 Å². The van der Waals surface area contributed by atoms with E-state index in [4.69, 9.17) is 21.1 Å². The van der Waals surface area contributed by atoms with Crippen LogP contribution in [0.25, 0.3) is 0 Å².